The van der Waals surface area contributed by atoms with Gasteiger partial charge in [0.25, 0.3) is 5.24 Å². The van der Waals surface area contributed by atoms with Crippen LogP contribution in [0.5, 0.6) is 0 Å². The van der Waals surface area contributed by atoms with Gasteiger partial charge in [0.2, 0.25) is 11.8 Å². The van der Waals surface area contributed by atoms with E-state index in [4.69, 9.17) is 0 Å². The van der Waals surface area contributed by atoms with Crippen LogP contribution in [0.15, 0.2) is 30.9 Å². The topological polar surface area (TPSA) is 78.5 Å². The first-order valence-electron chi connectivity index (χ1n) is 6.44. The number of nitrogens with one attached hydrogen (secondary N) is 2. The summed E-state index contributed by atoms with van der Waals surface area (Å²) < 4.78 is 13.6. The molecule has 1 aliphatic heterocycles. The molecule has 0 atom stereocenters. The lowest BCUT2D eigenvalue weighted by Gasteiger charge is -2.14. The smallest absolute Gasteiger partial charge is 0.282 e. The number of nitrogens with zero attached hydrogens (tertiary/aromatic N) is 1. The van der Waals surface area contributed by atoms with Gasteiger partial charge in [0.05, 0.1) is 5.69 Å². The molecule has 6 nitrogen and oxygen atoms in total. The molecule has 1 saturated heterocycles. The van der Waals surface area contributed by atoms with Crippen molar-refractivity contribution >= 4 is 40.2 Å². The van der Waals surface area contributed by atoms with E-state index in [1.54, 1.807) is 0 Å². The van der Waals surface area contributed by atoms with Crippen molar-refractivity contribution in [2.45, 2.75) is 0 Å². The van der Waals surface area contributed by atoms with Gasteiger partial charge in [-0.05, 0) is 24.3 Å². The summed E-state index contributed by atoms with van der Waals surface area (Å²) in [6.45, 7) is 3.75. The minimum Gasteiger partial charge on any atom is -0.324 e. The molecule has 0 aliphatic carbocycles. The van der Waals surface area contributed by atoms with Gasteiger partial charge in [-0.1, -0.05) is 18.3 Å². The van der Waals surface area contributed by atoms with E-state index in [-0.39, 0.29) is 23.4 Å². The van der Waals surface area contributed by atoms with Crippen molar-refractivity contribution in [1.82, 2.24) is 4.90 Å². The fourth-order valence-corrected chi connectivity index (χ4v) is 2.65. The maximum atomic E-state index is 13.6. The number of hydrogen-bond acceptors (Lipinski definition) is 4. The molecule has 116 valence electrons. The highest BCUT2D eigenvalue weighted by Gasteiger charge is 2.23. The molecule has 22 heavy (non-hydrogen) atoms. The van der Waals surface area contributed by atoms with Gasteiger partial charge in [0, 0.05) is 18.0 Å². The summed E-state index contributed by atoms with van der Waals surface area (Å²) >= 11 is 1.17. The highest BCUT2D eigenvalue weighted by molar-refractivity contribution is 8.13. The zero-order chi connectivity index (χ0) is 16.1. The molecule has 1 fully saturated rings. The molecule has 8 heteroatoms. The van der Waals surface area contributed by atoms with Gasteiger partial charge >= 0.3 is 0 Å². The van der Waals surface area contributed by atoms with Crippen molar-refractivity contribution in [2.24, 2.45) is 0 Å². The third kappa shape index (κ3) is 4.08. The van der Waals surface area contributed by atoms with E-state index in [2.05, 4.69) is 17.2 Å². The number of carbonyl (C=O) groups is 3. The lowest BCUT2D eigenvalue weighted by atomic mass is 10.2. The molecule has 3 amide bonds. The predicted octanol–water partition coefficient (Wildman–Crippen LogP) is 2.06. The van der Waals surface area contributed by atoms with Crippen molar-refractivity contribution in [2.75, 3.05) is 29.5 Å². The standard InChI is InChI=1S/C14H14FN3O3S/c1-2-12(19)17-11-7-9(3-4-10(11)15)16-13(20)8-18-5-6-22-14(18)21/h2-4,7H,1,5-6,8H2,(H,16,20)(H,17,19). The molecule has 0 aromatic heterocycles. The predicted molar refractivity (Wildman–Crippen MR) is 83.3 cm³/mol. The van der Waals surface area contributed by atoms with Crippen LogP contribution in [0.25, 0.3) is 0 Å². The van der Waals surface area contributed by atoms with Crippen LogP contribution in [0.2, 0.25) is 0 Å². The third-order valence-corrected chi connectivity index (χ3v) is 3.76. The SMILES string of the molecule is C=CC(=O)Nc1cc(NC(=O)CN2CCSC2=O)ccc1F. The van der Waals surface area contributed by atoms with Gasteiger partial charge in [-0.3, -0.25) is 14.4 Å². The Morgan fingerprint density at radius 1 is 1.41 bits per heavy atom. The average molecular weight is 323 g/mol. The van der Waals surface area contributed by atoms with Crippen LogP contribution < -0.4 is 10.6 Å². The van der Waals surface area contributed by atoms with Crippen LogP contribution in [0.3, 0.4) is 0 Å². The number of thioether (sulfide) groups is 1. The quantitative estimate of drug-likeness (QED) is 0.813. The van der Waals surface area contributed by atoms with Crippen LogP contribution in [0.4, 0.5) is 20.6 Å². The van der Waals surface area contributed by atoms with E-state index in [1.807, 2.05) is 0 Å². The molecule has 0 unspecified atom stereocenters. The number of amides is 3. The number of rotatable bonds is 5. The Labute approximate surface area is 130 Å². The second-order valence-electron chi connectivity index (χ2n) is 4.47. The fraction of sp³-hybridized carbons (Fsp3) is 0.214. The first-order chi connectivity index (χ1) is 10.5. The molecule has 0 radical (unpaired) electrons. The number of carbonyl (C=O) groups excluding carboxylic acids is 3. The summed E-state index contributed by atoms with van der Waals surface area (Å²) in [4.78, 5) is 35.9. The lowest BCUT2D eigenvalue weighted by molar-refractivity contribution is -0.116. The van der Waals surface area contributed by atoms with E-state index in [9.17, 15) is 18.8 Å². The van der Waals surface area contributed by atoms with Crippen molar-refractivity contribution in [1.29, 1.82) is 0 Å². The monoisotopic (exact) mass is 323 g/mol. The zero-order valence-corrected chi connectivity index (χ0v) is 12.4. The molecule has 1 aromatic rings. The molecule has 1 aliphatic rings. The summed E-state index contributed by atoms with van der Waals surface area (Å²) in [6.07, 6.45) is 1.02. The van der Waals surface area contributed by atoms with E-state index in [1.165, 1.54) is 28.8 Å². The van der Waals surface area contributed by atoms with Crippen LogP contribution in [-0.4, -0.2) is 40.8 Å². The van der Waals surface area contributed by atoms with Crippen LogP contribution >= 0.6 is 11.8 Å². The molecule has 1 aromatic carbocycles. The Balaban J connectivity index is 2.01. The molecule has 0 spiro atoms. The Morgan fingerprint density at radius 2 is 2.18 bits per heavy atom. The van der Waals surface area contributed by atoms with Crippen molar-refractivity contribution in [3.05, 3.63) is 36.7 Å². The zero-order valence-electron chi connectivity index (χ0n) is 11.6. The molecule has 1 heterocycles. The Kier molecular flexibility index (Phi) is 5.16. The minimum absolute atomic E-state index is 0.0580. The van der Waals surface area contributed by atoms with Gasteiger partial charge in [0.15, 0.2) is 0 Å². The molecular formula is C14H14FN3O3S. The number of benzene rings is 1. The molecule has 0 bridgehead atoms. The highest BCUT2D eigenvalue weighted by atomic mass is 32.2. The lowest BCUT2D eigenvalue weighted by Crippen LogP contribution is -2.33. The normalized spacial score (nSPS) is 13.9. The number of anilines is 2. The van der Waals surface area contributed by atoms with Gasteiger partial charge < -0.3 is 15.5 Å². The second kappa shape index (κ2) is 7.08. The number of hydrogen-bond donors (Lipinski definition) is 2. The van der Waals surface area contributed by atoms with Gasteiger partial charge in [0.1, 0.15) is 12.4 Å². The van der Waals surface area contributed by atoms with Crippen molar-refractivity contribution in [3.8, 4) is 0 Å². The van der Waals surface area contributed by atoms with E-state index < -0.39 is 11.7 Å². The summed E-state index contributed by atoms with van der Waals surface area (Å²) in [6, 6.07) is 3.80. The van der Waals surface area contributed by atoms with Crippen molar-refractivity contribution in [3.63, 3.8) is 0 Å². The molecule has 2 N–H and O–H groups in total. The van der Waals surface area contributed by atoms with E-state index >= 15 is 0 Å². The summed E-state index contributed by atoms with van der Waals surface area (Å²) in [5.74, 6) is -0.898. The molecular weight excluding hydrogens is 309 g/mol. The van der Waals surface area contributed by atoms with Crippen LogP contribution in [-0.2, 0) is 9.59 Å². The van der Waals surface area contributed by atoms with Gasteiger partial charge in [-0.15, -0.1) is 0 Å². The van der Waals surface area contributed by atoms with Gasteiger partial charge in [-0.25, -0.2) is 4.39 Å². The molecule has 2 rings (SSSR count). The first-order valence-corrected chi connectivity index (χ1v) is 7.42. The van der Waals surface area contributed by atoms with Crippen molar-refractivity contribution < 1.29 is 18.8 Å². The third-order valence-electron chi connectivity index (χ3n) is 2.87. The maximum absolute atomic E-state index is 13.6. The fourth-order valence-electron chi connectivity index (χ4n) is 1.83. The Morgan fingerprint density at radius 3 is 2.82 bits per heavy atom. The van der Waals surface area contributed by atoms with Gasteiger partial charge in [-0.2, -0.15) is 0 Å². The Bertz CT molecular complexity index is 636. The summed E-state index contributed by atoms with van der Waals surface area (Å²) in [7, 11) is 0. The van der Waals surface area contributed by atoms with Crippen LogP contribution in [0.1, 0.15) is 0 Å². The van der Waals surface area contributed by atoms with E-state index in [0.717, 1.165) is 12.1 Å². The second-order valence-corrected chi connectivity index (χ2v) is 5.52. The molecule has 0 saturated carbocycles. The van der Waals surface area contributed by atoms with E-state index in [0.29, 0.717) is 18.0 Å². The average Bonchev–Trinajstić information content (AvgIpc) is 2.87. The first kappa shape index (κ1) is 16.0. The van der Waals surface area contributed by atoms with Crippen LogP contribution in [0, 0.1) is 5.82 Å². The summed E-state index contributed by atoms with van der Waals surface area (Å²) in [5, 5.41) is 4.73. The Hall–Kier alpha value is -2.35. The summed E-state index contributed by atoms with van der Waals surface area (Å²) in [5.41, 5.74) is 0.264. The maximum Gasteiger partial charge on any atom is 0.282 e. The highest BCUT2D eigenvalue weighted by Crippen LogP contribution is 2.20. The largest absolute Gasteiger partial charge is 0.324 e. The number of halogens is 1. The minimum atomic E-state index is -0.626.